The molecule has 0 fully saturated rings. The molecule has 0 amide bonds. The Labute approximate surface area is 484 Å². The third kappa shape index (κ3) is 6.34. The lowest BCUT2D eigenvalue weighted by Crippen LogP contribution is -2.28. The van der Waals surface area contributed by atoms with Gasteiger partial charge in [0.2, 0.25) is 0 Å². The Bertz CT molecular complexity index is 5670. The van der Waals surface area contributed by atoms with E-state index in [-0.39, 0.29) is 0 Å². The van der Waals surface area contributed by atoms with Gasteiger partial charge in [0.1, 0.15) is 0 Å². The fourth-order valence-corrected chi connectivity index (χ4v) is 15.8. The largest absolute Gasteiger partial charge is 0.337 e. The summed E-state index contributed by atoms with van der Waals surface area (Å²) in [6, 6.07) is 78.3. The molecule has 1 atom stereocenters. The van der Waals surface area contributed by atoms with Crippen molar-refractivity contribution in [1.29, 1.82) is 0 Å². The van der Waals surface area contributed by atoms with Gasteiger partial charge in [0, 0.05) is 115 Å². The molecule has 84 heavy (non-hydrogen) atoms. The number of hydrogen-bond acceptors (Lipinski definition) is 2. The van der Waals surface area contributed by atoms with Gasteiger partial charge < -0.3 is 27.7 Å². The highest BCUT2D eigenvalue weighted by molar-refractivity contribution is 6.30. The Kier molecular flexibility index (Phi) is 9.71. The van der Waals surface area contributed by atoms with Crippen LogP contribution in [0.5, 0.6) is 0 Å². The minimum Gasteiger partial charge on any atom is -0.337 e. The molecular weight excluding hydrogens is 1020 g/mol. The summed E-state index contributed by atoms with van der Waals surface area (Å²) in [4.78, 5) is 5.07. The maximum absolute atomic E-state index is 2.63. The molecule has 0 saturated heterocycles. The monoisotopic (exact) mass is 1080 g/mol. The second kappa shape index (κ2) is 17.6. The van der Waals surface area contributed by atoms with Crippen LogP contribution >= 0.6 is 0 Å². The second-order valence-electron chi connectivity index (χ2n) is 23.6. The lowest BCUT2D eigenvalue weighted by atomic mass is 10.0. The number of rotatable bonds is 8. The van der Waals surface area contributed by atoms with Crippen molar-refractivity contribution in [3.8, 4) is 5.69 Å². The van der Waals surface area contributed by atoms with Crippen molar-refractivity contribution < 1.29 is 0 Å². The summed E-state index contributed by atoms with van der Waals surface area (Å²) in [5.41, 5.74) is 19.5. The van der Waals surface area contributed by atoms with Crippen molar-refractivity contribution in [2.45, 2.75) is 51.0 Å². The fraction of sp³-hybridized carbons (Fsp3) is 0.103. The predicted molar refractivity (Wildman–Crippen MR) is 355 cm³/mol. The molecule has 0 radical (unpaired) electrons. The van der Waals surface area contributed by atoms with Gasteiger partial charge in [0.05, 0.1) is 50.0 Å². The molecule has 398 valence electrons. The van der Waals surface area contributed by atoms with Gasteiger partial charge in [-0.3, -0.25) is 0 Å². The van der Waals surface area contributed by atoms with Crippen molar-refractivity contribution in [2.75, 3.05) is 9.80 Å². The molecule has 6 heteroatoms. The first-order valence-electron chi connectivity index (χ1n) is 30.2. The third-order valence-corrected chi connectivity index (χ3v) is 19.2. The van der Waals surface area contributed by atoms with Crippen LogP contribution < -0.4 is 20.4 Å². The van der Waals surface area contributed by atoms with Crippen molar-refractivity contribution in [3.63, 3.8) is 0 Å². The number of para-hydroxylation sites is 5. The molecule has 3 aliphatic rings. The Morgan fingerprint density at radius 2 is 0.940 bits per heavy atom. The minimum absolute atomic E-state index is 0.445. The lowest BCUT2D eigenvalue weighted by molar-refractivity contribution is 0.485. The Morgan fingerprint density at radius 3 is 1.69 bits per heavy atom. The number of anilines is 5. The smallest absolute Gasteiger partial charge is 0.0641 e. The van der Waals surface area contributed by atoms with Crippen molar-refractivity contribution >= 4 is 149 Å². The molecule has 6 aromatic heterocycles. The van der Waals surface area contributed by atoms with Gasteiger partial charge in [-0.1, -0.05) is 140 Å². The minimum atomic E-state index is 0.445. The topological polar surface area (TPSA) is 25.2 Å². The summed E-state index contributed by atoms with van der Waals surface area (Å²) in [6.07, 6.45) is 24.3. The van der Waals surface area contributed by atoms with E-state index in [9.17, 15) is 0 Å². The van der Waals surface area contributed by atoms with Crippen molar-refractivity contribution in [3.05, 3.63) is 253 Å². The van der Waals surface area contributed by atoms with E-state index in [0.29, 0.717) is 6.04 Å². The number of benzene rings is 10. The normalized spacial score (nSPS) is 15.6. The van der Waals surface area contributed by atoms with E-state index < -0.39 is 0 Å². The molecule has 1 unspecified atom stereocenters. The van der Waals surface area contributed by atoms with Gasteiger partial charge >= 0.3 is 0 Å². The quantitative estimate of drug-likeness (QED) is 0.142. The zero-order chi connectivity index (χ0) is 54.7. The Morgan fingerprint density at radius 1 is 0.357 bits per heavy atom. The van der Waals surface area contributed by atoms with E-state index in [1.807, 2.05) is 0 Å². The van der Waals surface area contributed by atoms with Gasteiger partial charge in [-0.2, -0.15) is 0 Å². The van der Waals surface area contributed by atoms with Gasteiger partial charge in [0.15, 0.2) is 0 Å². The Hall–Kier alpha value is -10.3. The lowest BCUT2D eigenvalue weighted by Gasteiger charge is -2.29. The summed E-state index contributed by atoms with van der Waals surface area (Å²) in [5.74, 6) is 0. The van der Waals surface area contributed by atoms with E-state index in [1.54, 1.807) is 0 Å². The highest BCUT2D eigenvalue weighted by Gasteiger charge is 2.30. The van der Waals surface area contributed by atoms with Crippen molar-refractivity contribution in [1.82, 2.24) is 17.9 Å². The standard InChI is InChI=1S/C78H56N6/c1-5-21-49(22-6-1)79(53-37-41-69-61(45-53)55-29-13-17-33-65(55)81(69)51-25-9-3-10-26-51)71-43-39-57-63-47-74-64(48-73(63)83-67-35-19-15-31-59(67)75(71)77(57)83)58-40-44-72(76-60-32-16-20-36-68(60)84(74)78(58)76)80(50-23-7-2-8-24-50)54-38-42-70-62(46-54)56-30-14-18-34-66(56)82(70)52-27-11-4-12-28-52/h1,3-7,9-11,13-14,16-18,20-26,29-48,52H,2,8,12,15,19,27-28H2. The van der Waals surface area contributed by atoms with Crippen LogP contribution in [0.3, 0.4) is 0 Å². The van der Waals surface area contributed by atoms with Crippen LogP contribution in [0.4, 0.5) is 28.4 Å². The average molecular weight is 1080 g/mol. The number of hydrogen-bond donors (Lipinski definition) is 0. The SMILES string of the molecule is C1=CC(N(c2ccc3c(c2)c2ccccc2n3C2CC=CCC2)c2ccc3c4cc5c(cc4n4c6ccccc6c2c34)c2ccc(N(c3ccccc3)c3ccc4c(c3)c3ccccc3n4-c3ccccc3)c3c4c(n5c32)=CCCC=4)=CCC1. The fourth-order valence-electron chi connectivity index (χ4n) is 15.8. The van der Waals surface area contributed by atoms with E-state index in [0.717, 1.165) is 62.0 Å². The molecule has 0 bridgehead atoms. The molecule has 6 nitrogen and oxygen atoms in total. The summed E-state index contributed by atoms with van der Waals surface area (Å²) in [7, 11) is 0. The second-order valence-corrected chi connectivity index (χ2v) is 23.6. The molecular formula is C78H56N6. The van der Waals surface area contributed by atoms with Crippen LogP contribution in [-0.4, -0.2) is 17.9 Å². The number of nitrogens with zero attached hydrogens (tertiary/aromatic N) is 6. The molecule has 6 heterocycles. The van der Waals surface area contributed by atoms with E-state index in [2.05, 4.69) is 277 Å². The third-order valence-electron chi connectivity index (χ3n) is 19.2. The molecule has 0 saturated carbocycles. The summed E-state index contributed by atoms with van der Waals surface area (Å²) >= 11 is 0. The molecule has 3 aliphatic carbocycles. The maximum Gasteiger partial charge on any atom is 0.0641 e. The van der Waals surface area contributed by atoms with Crippen molar-refractivity contribution in [2.24, 2.45) is 0 Å². The maximum atomic E-state index is 2.63. The number of fused-ring (bicyclic) bond motifs is 18. The van der Waals surface area contributed by atoms with Crippen LogP contribution in [-0.2, 0) is 0 Å². The molecule has 10 aromatic carbocycles. The molecule has 0 spiro atoms. The van der Waals surface area contributed by atoms with Gasteiger partial charge in [-0.05, 0) is 154 Å². The number of aromatic nitrogens is 4. The van der Waals surface area contributed by atoms with Crippen LogP contribution in [0.15, 0.2) is 242 Å². The van der Waals surface area contributed by atoms with E-state index in [4.69, 9.17) is 0 Å². The average Bonchev–Trinajstić information content (AvgIpc) is 1.64. The predicted octanol–water partition coefficient (Wildman–Crippen LogP) is 19.5. The van der Waals surface area contributed by atoms with Gasteiger partial charge in [0.25, 0.3) is 0 Å². The van der Waals surface area contributed by atoms with E-state index in [1.165, 1.54) is 142 Å². The van der Waals surface area contributed by atoms with Crippen LogP contribution in [0, 0.1) is 0 Å². The zero-order valence-corrected chi connectivity index (χ0v) is 46.4. The van der Waals surface area contributed by atoms with E-state index >= 15 is 0 Å². The van der Waals surface area contributed by atoms with Crippen LogP contribution in [0.2, 0.25) is 0 Å². The van der Waals surface area contributed by atoms with Gasteiger partial charge in [-0.25, -0.2) is 0 Å². The highest BCUT2D eigenvalue weighted by Crippen LogP contribution is 2.50. The zero-order valence-electron chi connectivity index (χ0n) is 46.4. The Balaban J connectivity index is 0.833. The first-order chi connectivity index (χ1) is 41.7. The van der Waals surface area contributed by atoms with Gasteiger partial charge in [-0.15, -0.1) is 0 Å². The molecule has 0 aliphatic heterocycles. The first-order valence-corrected chi connectivity index (χ1v) is 30.2. The summed E-state index contributed by atoms with van der Waals surface area (Å²) in [6.45, 7) is 0. The highest BCUT2D eigenvalue weighted by atomic mass is 15.2. The molecule has 19 rings (SSSR count). The summed E-state index contributed by atoms with van der Waals surface area (Å²) < 4.78 is 10.3. The summed E-state index contributed by atoms with van der Waals surface area (Å²) in [5, 5.41) is 16.7. The van der Waals surface area contributed by atoms with Crippen LogP contribution in [0.25, 0.3) is 127 Å². The first kappa shape index (κ1) is 46.3. The molecule has 0 N–H and O–H groups in total. The number of allylic oxidation sites excluding steroid dienone is 5. The van der Waals surface area contributed by atoms with Crippen LogP contribution in [0.1, 0.15) is 51.0 Å². The molecule has 16 aromatic rings.